The van der Waals surface area contributed by atoms with Crippen LogP contribution < -0.4 is 20.1 Å². The lowest BCUT2D eigenvalue weighted by atomic mass is 9.65. The number of amides is 1. The Morgan fingerprint density at radius 2 is 1.82 bits per heavy atom. The number of benzene rings is 2. The average Bonchev–Trinajstić information content (AvgIpc) is 3.03. The monoisotopic (exact) mass is 465 g/mol. The van der Waals surface area contributed by atoms with E-state index in [1.54, 1.807) is 31.5 Å². The fraction of sp³-hybridized carbons (Fsp3) is 0.308. The average molecular weight is 466 g/mol. The molecule has 33 heavy (non-hydrogen) atoms. The van der Waals surface area contributed by atoms with E-state index in [-0.39, 0.29) is 5.91 Å². The van der Waals surface area contributed by atoms with Crippen LogP contribution in [0.1, 0.15) is 44.2 Å². The quantitative estimate of drug-likeness (QED) is 0.363. The van der Waals surface area contributed by atoms with Crippen LogP contribution in [-0.2, 0) is 16.8 Å². The SMILES string of the molecule is CC.COc1ccc(CN2C(=O)C3(CCC3)c3cc(N)cc(Oc4ccnc(Cl)c4)c32)cc1. The molecule has 2 aliphatic rings. The predicted molar refractivity (Wildman–Crippen MR) is 131 cm³/mol. The molecule has 2 N–H and O–H groups in total. The van der Waals surface area contributed by atoms with Gasteiger partial charge < -0.3 is 20.1 Å². The first-order valence-corrected chi connectivity index (χ1v) is 11.6. The van der Waals surface area contributed by atoms with E-state index in [4.69, 9.17) is 26.8 Å². The summed E-state index contributed by atoms with van der Waals surface area (Å²) in [6.07, 6.45) is 4.24. The number of fused-ring (bicyclic) bond motifs is 2. The number of halogens is 1. The normalized spacial score (nSPS) is 15.4. The van der Waals surface area contributed by atoms with Crippen LogP contribution in [0.3, 0.4) is 0 Å². The predicted octanol–water partition coefficient (Wildman–Crippen LogP) is 6.11. The number of ether oxygens (including phenoxy) is 2. The zero-order valence-corrected chi connectivity index (χ0v) is 19.9. The summed E-state index contributed by atoms with van der Waals surface area (Å²) in [7, 11) is 1.63. The molecule has 1 saturated carbocycles. The number of nitrogen functional groups attached to an aromatic ring is 1. The van der Waals surface area contributed by atoms with Crippen molar-refractivity contribution in [2.75, 3.05) is 17.7 Å². The lowest BCUT2D eigenvalue weighted by Gasteiger charge is -2.37. The van der Waals surface area contributed by atoms with Crippen molar-refractivity contribution >= 4 is 28.9 Å². The molecule has 0 saturated heterocycles. The Morgan fingerprint density at radius 1 is 1.09 bits per heavy atom. The molecule has 1 aromatic heterocycles. The molecule has 1 fully saturated rings. The summed E-state index contributed by atoms with van der Waals surface area (Å²) in [4.78, 5) is 19.5. The summed E-state index contributed by atoms with van der Waals surface area (Å²) in [5, 5.41) is 0.333. The number of rotatable bonds is 5. The zero-order chi connectivity index (χ0) is 23.6. The van der Waals surface area contributed by atoms with Crippen LogP contribution >= 0.6 is 11.6 Å². The number of hydrogen-bond donors (Lipinski definition) is 1. The molecule has 0 atom stereocenters. The van der Waals surface area contributed by atoms with Crippen molar-refractivity contribution in [1.29, 1.82) is 0 Å². The lowest BCUT2D eigenvalue weighted by molar-refractivity contribution is -0.126. The molecular weight excluding hydrogens is 438 g/mol. The van der Waals surface area contributed by atoms with E-state index in [9.17, 15) is 4.79 Å². The Bertz CT molecular complexity index is 1160. The second kappa shape index (κ2) is 9.32. The van der Waals surface area contributed by atoms with E-state index < -0.39 is 5.41 Å². The Kier molecular flexibility index (Phi) is 6.47. The van der Waals surface area contributed by atoms with E-state index >= 15 is 0 Å². The number of carbonyl (C=O) groups is 1. The molecule has 2 aromatic carbocycles. The highest BCUT2D eigenvalue weighted by Crippen LogP contribution is 2.57. The molecule has 6 nitrogen and oxygen atoms in total. The van der Waals surface area contributed by atoms with Gasteiger partial charge in [0.1, 0.15) is 16.7 Å². The molecule has 7 heteroatoms. The van der Waals surface area contributed by atoms with Gasteiger partial charge >= 0.3 is 0 Å². The van der Waals surface area contributed by atoms with Crippen LogP contribution in [0, 0.1) is 0 Å². The molecule has 0 radical (unpaired) electrons. The van der Waals surface area contributed by atoms with E-state index in [2.05, 4.69) is 4.98 Å². The first-order valence-electron chi connectivity index (χ1n) is 11.2. The largest absolute Gasteiger partial charge is 0.497 e. The van der Waals surface area contributed by atoms with Crippen LogP contribution in [0.15, 0.2) is 54.7 Å². The molecule has 0 unspecified atom stereocenters. The minimum atomic E-state index is -0.509. The maximum absolute atomic E-state index is 13.6. The van der Waals surface area contributed by atoms with Crippen molar-refractivity contribution in [3.63, 3.8) is 0 Å². The van der Waals surface area contributed by atoms with Gasteiger partial charge in [0, 0.05) is 24.0 Å². The van der Waals surface area contributed by atoms with Gasteiger partial charge in [-0.25, -0.2) is 4.98 Å². The number of pyridine rings is 1. The highest BCUT2D eigenvalue weighted by Gasteiger charge is 2.55. The molecule has 0 bridgehead atoms. The second-order valence-electron chi connectivity index (χ2n) is 8.01. The summed E-state index contributed by atoms with van der Waals surface area (Å²) in [6.45, 7) is 4.44. The topological polar surface area (TPSA) is 77.7 Å². The van der Waals surface area contributed by atoms with Crippen molar-refractivity contribution in [3.8, 4) is 17.2 Å². The molecule has 1 aliphatic heterocycles. The van der Waals surface area contributed by atoms with Crippen LogP contribution in [0.25, 0.3) is 0 Å². The molecule has 1 amide bonds. The van der Waals surface area contributed by atoms with Crippen molar-refractivity contribution in [2.24, 2.45) is 0 Å². The van der Waals surface area contributed by atoms with E-state index in [1.807, 2.05) is 49.1 Å². The van der Waals surface area contributed by atoms with Crippen molar-refractivity contribution in [1.82, 2.24) is 4.98 Å². The maximum atomic E-state index is 13.6. The number of nitrogens with zero attached hydrogens (tertiary/aromatic N) is 2. The smallest absolute Gasteiger partial charge is 0.238 e. The van der Waals surface area contributed by atoms with Crippen LogP contribution in [-0.4, -0.2) is 18.0 Å². The third-order valence-electron chi connectivity index (χ3n) is 6.17. The number of aromatic nitrogens is 1. The summed E-state index contributed by atoms with van der Waals surface area (Å²) in [5.74, 6) is 1.97. The van der Waals surface area contributed by atoms with E-state index in [0.29, 0.717) is 28.9 Å². The van der Waals surface area contributed by atoms with Gasteiger partial charge in [-0.3, -0.25) is 4.79 Å². The van der Waals surface area contributed by atoms with E-state index in [0.717, 1.165) is 41.8 Å². The van der Waals surface area contributed by atoms with Gasteiger partial charge in [0.25, 0.3) is 0 Å². The zero-order valence-electron chi connectivity index (χ0n) is 19.1. The Hall–Kier alpha value is -3.25. The summed E-state index contributed by atoms with van der Waals surface area (Å²) in [5.41, 5.74) is 9.03. The Morgan fingerprint density at radius 3 is 2.42 bits per heavy atom. The number of nitrogens with two attached hydrogens (primary N) is 1. The minimum absolute atomic E-state index is 0.104. The highest BCUT2D eigenvalue weighted by atomic mass is 35.5. The maximum Gasteiger partial charge on any atom is 0.238 e. The third-order valence-corrected chi connectivity index (χ3v) is 6.38. The first-order chi connectivity index (χ1) is 16.0. The Balaban J connectivity index is 0.00000126. The van der Waals surface area contributed by atoms with Crippen molar-refractivity contribution < 1.29 is 14.3 Å². The summed E-state index contributed by atoms with van der Waals surface area (Å²) in [6, 6.07) is 14.8. The van der Waals surface area contributed by atoms with E-state index in [1.165, 1.54) is 0 Å². The van der Waals surface area contributed by atoms with Gasteiger partial charge in [-0.05, 0) is 48.2 Å². The first kappa shape index (κ1) is 22.9. The molecule has 2 heterocycles. The fourth-order valence-corrected chi connectivity index (χ4v) is 4.64. The van der Waals surface area contributed by atoms with Gasteiger partial charge in [-0.1, -0.05) is 44.0 Å². The van der Waals surface area contributed by atoms with Crippen LogP contribution in [0.5, 0.6) is 17.2 Å². The molecule has 1 aliphatic carbocycles. The summed E-state index contributed by atoms with van der Waals surface area (Å²) >= 11 is 6.03. The highest BCUT2D eigenvalue weighted by molar-refractivity contribution is 6.29. The van der Waals surface area contributed by atoms with Crippen molar-refractivity contribution in [3.05, 3.63) is 71.0 Å². The van der Waals surface area contributed by atoms with Gasteiger partial charge in [0.05, 0.1) is 24.8 Å². The second-order valence-corrected chi connectivity index (χ2v) is 8.39. The lowest BCUT2D eigenvalue weighted by Crippen LogP contribution is -2.44. The fourth-order valence-electron chi connectivity index (χ4n) is 4.48. The van der Waals surface area contributed by atoms with Crippen LogP contribution in [0.4, 0.5) is 11.4 Å². The van der Waals surface area contributed by atoms with Gasteiger partial charge in [-0.2, -0.15) is 0 Å². The molecule has 1 spiro atoms. The molecule has 3 aromatic rings. The number of anilines is 2. The number of carbonyl (C=O) groups excluding carboxylic acids is 1. The molecule has 5 rings (SSSR count). The van der Waals surface area contributed by atoms with Crippen LogP contribution in [0.2, 0.25) is 5.15 Å². The molecule has 172 valence electrons. The molecular formula is C26H28ClN3O3. The standard InChI is InChI=1S/C24H22ClN3O3.C2H6/c1-30-17-5-3-15(4-6-17)14-28-22-19(24(23(28)29)8-2-9-24)11-16(26)12-20(22)31-18-7-10-27-21(25)13-18;1-2/h3-7,10-13H,2,8-9,14,26H2,1H3;1-2H3. The van der Waals surface area contributed by atoms with Gasteiger partial charge in [-0.15, -0.1) is 0 Å². The van der Waals surface area contributed by atoms with Crippen molar-refractivity contribution in [2.45, 2.75) is 45.1 Å². The Labute approximate surface area is 199 Å². The number of hydrogen-bond acceptors (Lipinski definition) is 5. The number of methoxy groups -OCH3 is 1. The minimum Gasteiger partial charge on any atom is -0.497 e. The summed E-state index contributed by atoms with van der Waals surface area (Å²) < 4.78 is 11.4. The van der Waals surface area contributed by atoms with Gasteiger partial charge in [0.15, 0.2) is 5.75 Å². The third kappa shape index (κ3) is 4.11. The van der Waals surface area contributed by atoms with Gasteiger partial charge in [0.2, 0.25) is 5.91 Å².